The molecule has 0 unspecified atom stereocenters. The first kappa shape index (κ1) is 11.3. The summed E-state index contributed by atoms with van der Waals surface area (Å²) in [5.74, 6) is -1.55. The van der Waals surface area contributed by atoms with Gasteiger partial charge in [0, 0.05) is 6.07 Å². The average molecular weight is 228 g/mol. The summed E-state index contributed by atoms with van der Waals surface area (Å²) in [4.78, 5) is 0. The fourth-order valence-corrected chi connectivity index (χ4v) is 1.94. The molecule has 0 heterocycles. The van der Waals surface area contributed by atoms with Gasteiger partial charge in [-0.3, -0.25) is 0 Å². The highest BCUT2D eigenvalue weighted by Crippen LogP contribution is 2.24. The van der Waals surface area contributed by atoms with Gasteiger partial charge in [0.25, 0.3) is 0 Å². The number of rotatable bonds is 2. The van der Waals surface area contributed by atoms with Crippen LogP contribution in [0, 0.1) is 11.6 Å². The van der Waals surface area contributed by atoms with Crippen molar-refractivity contribution in [3.05, 3.63) is 29.8 Å². The van der Waals surface area contributed by atoms with E-state index >= 15 is 0 Å². The summed E-state index contributed by atoms with van der Waals surface area (Å²) in [6.45, 7) is 0. The molecule has 0 aromatic heterocycles. The maximum Gasteiger partial charge on any atom is 0.162 e. The molecule has 16 heavy (non-hydrogen) atoms. The van der Waals surface area contributed by atoms with Gasteiger partial charge in [0.15, 0.2) is 11.6 Å². The van der Waals surface area contributed by atoms with Crippen LogP contribution in [0.15, 0.2) is 18.2 Å². The van der Waals surface area contributed by atoms with Crippen molar-refractivity contribution in [3.63, 3.8) is 0 Å². The van der Waals surface area contributed by atoms with E-state index in [1.807, 2.05) is 0 Å². The van der Waals surface area contributed by atoms with Crippen LogP contribution in [-0.4, -0.2) is 17.3 Å². The molecule has 1 aromatic rings. The third-order valence-electron chi connectivity index (χ3n) is 2.85. The van der Waals surface area contributed by atoms with Crippen LogP contribution >= 0.6 is 0 Å². The van der Waals surface area contributed by atoms with E-state index < -0.39 is 17.7 Å². The molecular formula is C12H14F2O2. The van der Waals surface area contributed by atoms with E-state index in [9.17, 15) is 13.9 Å². The number of hydrogen-bond acceptors (Lipinski definition) is 2. The fourth-order valence-electron chi connectivity index (χ4n) is 1.94. The summed E-state index contributed by atoms with van der Waals surface area (Å²) in [6, 6.07) is 3.41. The van der Waals surface area contributed by atoms with Gasteiger partial charge in [0.2, 0.25) is 0 Å². The van der Waals surface area contributed by atoms with Gasteiger partial charge >= 0.3 is 0 Å². The van der Waals surface area contributed by atoms with E-state index in [0.29, 0.717) is 6.42 Å². The standard InChI is InChI=1S/C12H14F2O2/c13-9-6-5-8(7-10(9)14)16-12-4-2-1-3-11(12)15/h5-7,11-12,15H,1-4H2/t11-,12-/m0/s1. The fraction of sp³-hybridized carbons (Fsp3) is 0.500. The third kappa shape index (κ3) is 2.50. The van der Waals surface area contributed by atoms with Crippen molar-refractivity contribution in [1.29, 1.82) is 0 Å². The first-order valence-electron chi connectivity index (χ1n) is 5.46. The quantitative estimate of drug-likeness (QED) is 0.843. The Balaban J connectivity index is 2.05. The number of aliphatic hydroxyl groups is 1. The third-order valence-corrected chi connectivity index (χ3v) is 2.85. The molecule has 4 heteroatoms. The average Bonchev–Trinajstić information content (AvgIpc) is 2.27. The minimum absolute atomic E-state index is 0.268. The lowest BCUT2D eigenvalue weighted by Gasteiger charge is -2.28. The maximum atomic E-state index is 12.9. The summed E-state index contributed by atoms with van der Waals surface area (Å²) in [5.41, 5.74) is 0. The van der Waals surface area contributed by atoms with Crippen LogP contribution in [0.1, 0.15) is 25.7 Å². The van der Waals surface area contributed by atoms with E-state index in [4.69, 9.17) is 4.74 Å². The van der Waals surface area contributed by atoms with E-state index in [1.54, 1.807) is 0 Å². The molecule has 1 aliphatic rings. The molecular weight excluding hydrogens is 214 g/mol. The number of halogens is 2. The molecule has 2 nitrogen and oxygen atoms in total. The van der Waals surface area contributed by atoms with Crippen molar-refractivity contribution in [2.24, 2.45) is 0 Å². The molecule has 2 rings (SSSR count). The molecule has 1 aromatic carbocycles. The lowest BCUT2D eigenvalue weighted by atomic mass is 9.95. The van der Waals surface area contributed by atoms with Crippen molar-refractivity contribution in [1.82, 2.24) is 0 Å². The van der Waals surface area contributed by atoms with Gasteiger partial charge in [-0.25, -0.2) is 8.78 Å². The lowest BCUT2D eigenvalue weighted by Crippen LogP contribution is -2.34. The van der Waals surface area contributed by atoms with E-state index in [1.165, 1.54) is 6.07 Å². The van der Waals surface area contributed by atoms with Gasteiger partial charge < -0.3 is 9.84 Å². The molecule has 1 N–H and O–H groups in total. The van der Waals surface area contributed by atoms with E-state index in [0.717, 1.165) is 31.4 Å². The maximum absolute atomic E-state index is 12.9. The summed E-state index contributed by atoms with van der Waals surface area (Å²) in [6.07, 6.45) is 2.61. The highest BCUT2D eigenvalue weighted by atomic mass is 19.2. The molecule has 0 spiro atoms. The van der Waals surface area contributed by atoms with E-state index in [-0.39, 0.29) is 11.9 Å². The topological polar surface area (TPSA) is 29.5 Å². The number of ether oxygens (including phenoxy) is 1. The SMILES string of the molecule is O[C@H]1CCCC[C@@H]1Oc1ccc(F)c(F)c1. The van der Waals surface area contributed by atoms with Gasteiger partial charge in [-0.05, 0) is 31.4 Å². The Morgan fingerprint density at radius 1 is 1.12 bits per heavy atom. The largest absolute Gasteiger partial charge is 0.488 e. The molecule has 0 saturated heterocycles. The molecule has 1 aliphatic carbocycles. The summed E-state index contributed by atoms with van der Waals surface area (Å²) in [7, 11) is 0. The number of benzene rings is 1. The smallest absolute Gasteiger partial charge is 0.162 e. The van der Waals surface area contributed by atoms with Gasteiger partial charge in [0.05, 0.1) is 6.10 Å². The predicted octanol–water partition coefficient (Wildman–Crippen LogP) is 2.65. The van der Waals surface area contributed by atoms with Crippen molar-refractivity contribution < 1.29 is 18.6 Å². The van der Waals surface area contributed by atoms with Crippen LogP contribution in [0.4, 0.5) is 8.78 Å². The van der Waals surface area contributed by atoms with Crippen LogP contribution in [0.3, 0.4) is 0 Å². The van der Waals surface area contributed by atoms with Crippen LogP contribution in [0.5, 0.6) is 5.75 Å². The highest BCUT2D eigenvalue weighted by Gasteiger charge is 2.24. The molecule has 1 fully saturated rings. The van der Waals surface area contributed by atoms with Gasteiger partial charge in [-0.2, -0.15) is 0 Å². The molecule has 0 radical (unpaired) electrons. The predicted molar refractivity (Wildman–Crippen MR) is 55.2 cm³/mol. The van der Waals surface area contributed by atoms with Crippen molar-refractivity contribution in [2.45, 2.75) is 37.9 Å². The molecule has 0 bridgehead atoms. The summed E-state index contributed by atoms with van der Waals surface area (Å²) < 4.78 is 31.0. The Labute approximate surface area is 92.9 Å². The van der Waals surface area contributed by atoms with Crippen LogP contribution < -0.4 is 4.74 Å². The number of aliphatic hydroxyl groups excluding tert-OH is 1. The second-order valence-corrected chi connectivity index (χ2v) is 4.08. The minimum Gasteiger partial charge on any atom is -0.488 e. The van der Waals surface area contributed by atoms with Crippen LogP contribution in [0.25, 0.3) is 0 Å². The zero-order chi connectivity index (χ0) is 11.5. The molecule has 88 valence electrons. The Hall–Kier alpha value is -1.16. The Morgan fingerprint density at radius 3 is 2.56 bits per heavy atom. The zero-order valence-corrected chi connectivity index (χ0v) is 8.83. The number of hydrogen-bond donors (Lipinski definition) is 1. The van der Waals surface area contributed by atoms with Gasteiger partial charge in [0.1, 0.15) is 11.9 Å². The van der Waals surface area contributed by atoms with Crippen LogP contribution in [0.2, 0.25) is 0 Å². The van der Waals surface area contributed by atoms with Gasteiger partial charge in [-0.15, -0.1) is 0 Å². The van der Waals surface area contributed by atoms with Crippen LogP contribution in [-0.2, 0) is 0 Å². The Kier molecular flexibility index (Phi) is 3.39. The van der Waals surface area contributed by atoms with Crippen molar-refractivity contribution in [3.8, 4) is 5.75 Å². The first-order chi connectivity index (χ1) is 7.66. The summed E-state index contributed by atoms with van der Waals surface area (Å²) in [5, 5.41) is 9.66. The highest BCUT2D eigenvalue weighted by molar-refractivity contribution is 5.24. The Morgan fingerprint density at radius 2 is 1.88 bits per heavy atom. The van der Waals surface area contributed by atoms with E-state index in [2.05, 4.69) is 0 Å². The van der Waals surface area contributed by atoms with Crippen molar-refractivity contribution >= 4 is 0 Å². The molecule has 1 saturated carbocycles. The Bertz CT molecular complexity index is 368. The first-order valence-corrected chi connectivity index (χ1v) is 5.46. The normalized spacial score (nSPS) is 25.4. The zero-order valence-electron chi connectivity index (χ0n) is 8.83. The molecule has 0 amide bonds. The van der Waals surface area contributed by atoms with Crippen molar-refractivity contribution in [2.75, 3.05) is 0 Å². The summed E-state index contributed by atoms with van der Waals surface area (Å²) >= 11 is 0. The van der Waals surface area contributed by atoms with Gasteiger partial charge in [-0.1, -0.05) is 6.42 Å². The lowest BCUT2D eigenvalue weighted by molar-refractivity contribution is 0.00667. The second-order valence-electron chi connectivity index (χ2n) is 4.08. The molecule has 0 aliphatic heterocycles. The minimum atomic E-state index is -0.928. The second kappa shape index (κ2) is 4.78. The monoisotopic (exact) mass is 228 g/mol. The molecule has 2 atom stereocenters.